The summed E-state index contributed by atoms with van der Waals surface area (Å²) in [5, 5.41) is 15.0. The second-order valence-electron chi connectivity index (χ2n) is 6.28. The molecule has 7 heteroatoms. The van der Waals surface area contributed by atoms with Crippen molar-refractivity contribution in [2.75, 3.05) is 0 Å². The van der Waals surface area contributed by atoms with E-state index in [0.29, 0.717) is 17.3 Å². The zero-order valence-corrected chi connectivity index (χ0v) is 14.0. The number of carbonyl (C=O) groups excluding carboxylic acids is 1. The maximum absolute atomic E-state index is 12.4. The molecule has 0 fully saturated rings. The molecular weight excluding hydrogens is 318 g/mol. The van der Waals surface area contributed by atoms with Crippen molar-refractivity contribution in [1.82, 2.24) is 25.2 Å². The van der Waals surface area contributed by atoms with Gasteiger partial charge in [-0.2, -0.15) is 0 Å². The number of benzene rings is 1. The van der Waals surface area contributed by atoms with E-state index in [2.05, 4.69) is 20.7 Å². The van der Waals surface area contributed by atoms with Crippen LogP contribution in [0.1, 0.15) is 40.5 Å². The zero-order valence-electron chi connectivity index (χ0n) is 14.0. The summed E-state index contributed by atoms with van der Waals surface area (Å²) in [4.78, 5) is 12.4. The van der Waals surface area contributed by atoms with Crippen LogP contribution < -0.4 is 5.32 Å². The lowest BCUT2D eigenvalue weighted by Crippen LogP contribution is -2.27. The summed E-state index contributed by atoms with van der Waals surface area (Å²) < 4.78 is 7.27. The Hall–Kier alpha value is -2.96. The summed E-state index contributed by atoms with van der Waals surface area (Å²) >= 11 is 0. The van der Waals surface area contributed by atoms with Crippen molar-refractivity contribution in [2.45, 2.75) is 39.3 Å². The Morgan fingerprint density at radius 2 is 2.08 bits per heavy atom. The SMILES string of the molecule is Cc1ccc(-c2cc(CNC(=O)c3nnc4n3CCCC4)no2)cc1. The third-order valence-corrected chi connectivity index (χ3v) is 4.39. The molecule has 0 radical (unpaired) electrons. The molecule has 7 nitrogen and oxygen atoms in total. The number of carbonyl (C=O) groups is 1. The molecule has 4 rings (SSSR count). The van der Waals surface area contributed by atoms with Crippen LogP contribution in [0.15, 0.2) is 34.9 Å². The largest absolute Gasteiger partial charge is 0.356 e. The number of aromatic nitrogens is 4. The fourth-order valence-electron chi connectivity index (χ4n) is 2.98. The highest BCUT2D eigenvalue weighted by atomic mass is 16.5. The van der Waals surface area contributed by atoms with Crippen LogP contribution in [0.2, 0.25) is 0 Å². The van der Waals surface area contributed by atoms with Gasteiger partial charge in [-0.3, -0.25) is 4.79 Å². The first kappa shape index (κ1) is 15.6. The fraction of sp³-hybridized carbons (Fsp3) is 0.333. The number of rotatable bonds is 4. The number of aryl methyl sites for hydroxylation is 2. The lowest BCUT2D eigenvalue weighted by Gasteiger charge is -2.14. The number of nitrogens with zero attached hydrogens (tertiary/aromatic N) is 4. The highest BCUT2D eigenvalue weighted by Crippen LogP contribution is 2.20. The summed E-state index contributed by atoms with van der Waals surface area (Å²) in [5.74, 6) is 1.71. The van der Waals surface area contributed by atoms with E-state index in [1.165, 1.54) is 5.56 Å². The first-order valence-electron chi connectivity index (χ1n) is 8.43. The number of hydrogen-bond acceptors (Lipinski definition) is 5. The van der Waals surface area contributed by atoms with E-state index in [9.17, 15) is 4.79 Å². The summed E-state index contributed by atoms with van der Waals surface area (Å²) in [6.07, 6.45) is 3.03. The molecule has 25 heavy (non-hydrogen) atoms. The number of amides is 1. The van der Waals surface area contributed by atoms with E-state index in [1.54, 1.807) is 0 Å². The molecule has 1 aliphatic heterocycles. The summed E-state index contributed by atoms with van der Waals surface area (Å²) in [7, 11) is 0. The van der Waals surface area contributed by atoms with Gasteiger partial charge in [-0.05, 0) is 19.8 Å². The second kappa shape index (κ2) is 6.51. The highest BCUT2D eigenvalue weighted by Gasteiger charge is 2.21. The van der Waals surface area contributed by atoms with Gasteiger partial charge in [0.25, 0.3) is 5.91 Å². The molecule has 2 aromatic heterocycles. The Morgan fingerprint density at radius 3 is 2.92 bits per heavy atom. The standard InChI is InChI=1S/C18H19N5O2/c1-12-5-7-13(8-6-12)15-10-14(22-25-15)11-19-18(24)17-21-20-16-4-2-3-9-23(16)17/h5-8,10H,2-4,9,11H2,1H3,(H,19,24). The first-order valence-corrected chi connectivity index (χ1v) is 8.43. The van der Waals surface area contributed by atoms with E-state index in [0.717, 1.165) is 37.2 Å². The average Bonchev–Trinajstić information content (AvgIpc) is 3.27. The molecule has 128 valence electrons. The van der Waals surface area contributed by atoms with Gasteiger partial charge < -0.3 is 14.4 Å². The maximum atomic E-state index is 12.4. The molecule has 3 aromatic rings. The van der Waals surface area contributed by atoms with Crippen LogP contribution >= 0.6 is 0 Å². The van der Waals surface area contributed by atoms with Crippen molar-refractivity contribution in [3.05, 3.63) is 53.2 Å². The van der Waals surface area contributed by atoms with Crippen LogP contribution in [-0.4, -0.2) is 25.8 Å². The Kier molecular flexibility index (Phi) is 4.05. The van der Waals surface area contributed by atoms with E-state index < -0.39 is 0 Å². The molecule has 0 bridgehead atoms. The highest BCUT2D eigenvalue weighted by molar-refractivity contribution is 5.90. The van der Waals surface area contributed by atoms with Crippen molar-refractivity contribution < 1.29 is 9.32 Å². The molecule has 0 saturated heterocycles. The number of nitrogens with one attached hydrogen (secondary N) is 1. The first-order chi connectivity index (χ1) is 12.2. The lowest BCUT2D eigenvalue weighted by atomic mass is 10.1. The molecule has 0 aliphatic carbocycles. The quantitative estimate of drug-likeness (QED) is 0.790. The van der Waals surface area contributed by atoms with Gasteiger partial charge in [-0.15, -0.1) is 10.2 Å². The third kappa shape index (κ3) is 3.17. The Bertz CT molecular complexity index is 895. The van der Waals surface area contributed by atoms with Crippen LogP contribution in [0.5, 0.6) is 0 Å². The molecule has 1 aromatic carbocycles. The van der Waals surface area contributed by atoms with Crippen molar-refractivity contribution in [1.29, 1.82) is 0 Å². The lowest BCUT2D eigenvalue weighted by molar-refractivity contribution is 0.0934. The molecule has 0 atom stereocenters. The van der Waals surface area contributed by atoms with Crippen molar-refractivity contribution in [3.8, 4) is 11.3 Å². The summed E-state index contributed by atoms with van der Waals surface area (Å²) in [6, 6.07) is 9.85. The Morgan fingerprint density at radius 1 is 1.24 bits per heavy atom. The molecule has 0 unspecified atom stereocenters. The molecule has 3 heterocycles. The smallest absolute Gasteiger partial charge is 0.289 e. The summed E-state index contributed by atoms with van der Waals surface area (Å²) in [6.45, 7) is 3.12. The monoisotopic (exact) mass is 337 g/mol. The van der Waals surface area contributed by atoms with Gasteiger partial charge in [-0.1, -0.05) is 35.0 Å². The maximum Gasteiger partial charge on any atom is 0.289 e. The minimum atomic E-state index is -0.236. The van der Waals surface area contributed by atoms with Crippen molar-refractivity contribution >= 4 is 5.91 Å². The minimum absolute atomic E-state index is 0.236. The van der Waals surface area contributed by atoms with Gasteiger partial charge in [0, 0.05) is 24.6 Å². The van der Waals surface area contributed by atoms with Crippen LogP contribution in [0.3, 0.4) is 0 Å². The van der Waals surface area contributed by atoms with Gasteiger partial charge in [0.1, 0.15) is 11.5 Å². The topological polar surface area (TPSA) is 85.8 Å². The Labute approximate surface area is 145 Å². The second-order valence-corrected chi connectivity index (χ2v) is 6.28. The van der Waals surface area contributed by atoms with Crippen LogP contribution in [0.4, 0.5) is 0 Å². The molecular formula is C18H19N5O2. The van der Waals surface area contributed by atoms with Gasteiger partial charge in [0.05, 0.1) is 6.54 Å². The van der Waals surface area contributed by atoms with Crippen LogP contribution in [-0.2, 0) is 19.5 Å². The van der Waals surface area contributed by atoms with Crippen LogP contribution in [0.25, 0.3) is 11.3 Å². The van der Waals surface area contributed by atoms with Gasteiger partial charge in [0.15, 0.2) is 5.76 Å². The predicted molar refractivity (Wildman–Crippen MR) is 90.8 cm³/mol. The number of hydrogen-bond donors (Lipinski definition) is 1. The van der Waals surface area contributed by atoms with Gasteiger partial charge in [0.2, 0.25) is 5.82 Å². The fourth-order valence-corrected chi connectivity index (χ4v) is 2.98. The summed E-state index contributed by atoms with van der Waals surface area (Å²) in [5.41, 5.74) is 2.82. The average molecular weight is 337 g/mol. The van der Waals surface area contributed by atoms with E-state index >= 15 is 0 Å². The molecule has 1 amide bonds. The molecule has 0 spiro atoms. The normalized spacial score (nSPS) is 13.5. The van der Waals surface area contributed by atoms with Crippen molar-refractivity contribution in [2.24, 2.45) is 0 Å². The minimum Gasteiger partial charge on any atom is -0.356 e. The van der Waals surface area contributed by atoms with E-state index in [4.69, 9.17) is 4.52 Å². The van der Waals surface area contributed by atoms with Gasteiger partial charge >= 0.3 is 0 Å². The van der Waals surface area contributed by atoms with E-state index in [1.807, 2.05) is 41.8 Å². The molecule has 0 saturated carbocycles. The van der Waals surface area contributed by atoms with Crippen molar-refractivity contribution in [3.63, 3.8) is 0 Å². The molecule has 1 aliphatic rings. The zero-order chi connectivity index (χ0) is 17.2. The predicted octanol–water partition coefficient (Wildman–Crippen LogP) is 2.51. The Balaban J connectivity index is 1.42. The van der Waals surface area contributed by atoms with Gasteiger partial charge in [-0.25, -0.2) is 0 Å². The third-order valence-electron chi connectivity index (χ3n) is 4.39. The van der Waals surface area contributed by atoms with E-state index in [-0.39, 0.29) is 12.5 Å². The molecule has 1 N–H and O–H groups in total. The number of fused-ring (bicyclic) bond motifs is 1. The van der Waals surface area contributed by atoms with Crippen LogP contribution in [0, 0.1) is 6.92 Å².